The van der Waals surface area contributed by atoms with Gasteiger partial charge < -0.3 is 19.3 Å². The number of carbonyl (C=O) groups excluding carboxylic acids is 2. The van der Waals surface area contributed by atoms with E-state index in [4.69, 9.17) is 21.1 Å². The molecule has 2 aliphatic rings. The molecule has 0 aromatic heterocycles. The van der Waals surface area contributed by atoms with Gasteiger partial charge in [0.15, 0.2) is 23.1 Å². The van der Waals surface area contributed by atoms with Crippen LogP contribution in [-0.4, -0.2) is 54.6 Å². The number of amides is 2. The lowest BCUT2D eigenvalue weighted by atomic mass is 10.1. The van der Waals surface area contributed by atoms with Crippen LogP contribution >= 0.6 is 11.6 Å². The Morgan fingerprint density at radius 1 is 0.967 bits per heavy atom. The molecule has 2 amide bonds. The van der Waals surface area contributed by atoms with E-state index in [-0.39, 0.29) is 18.3 Å². The number of rotatable bonds is 3. The fourth-order valence-electron chi connectivity index (χ4n) is 3.30. The number of benzene rings is 2. The summed E-state index contributed by atoms with van der Waals surface area (Å²) in [7, 11) is 0. The van der Waals surface area contributed by atoms with Gasteiger partial charge in [-0.1, -0.05) is 11.6 Å². The molecule has 2 aromatic carbocycles. The molecule has 0 N–H and O–H groups in total. The number of ether oxygens (including phenoxy) is 2. The van der Waals surface area contributed by atoms with Crippen LogP contribution in [0.2, 0.25) is 5.02 Å². The molecule has 0 unspecified atom stereocenters. The van der Waals surface area contributed by atoms with Crippen molar-refractivity contribution in [3.8, 4) is 11.5 Å². The van der Waals surface area contributed by atoms with Crippen LogP contribution in [0.3, 0.4) is 0 Å². The number of piperazine rings is 1. The molecule has 2 aromatic rings. The maximum Gasteiger partial charge on any atom is 0.254 e. The Labute approximate surface area is 176 Å². The van der Waals surface area contributed by atoms with Crippen LogP contribution in [0.5, 0.6) is 11.5 Å². The largest absolute Gasteiger partial charge is 0.454 e. The first-order chi connectivity index (χ1) is 14.4. The summed E-state index contributed by atoms with van der Waals surface area (Å²) in [6.07, 6.45) is 3.07. The molecule has 2 aliphatic heterocycles. The monoisotopic (exact) mass is 434 g/mol. The van der Waals surface area contributed by atoms with Gasteiger partial charge in [0.1, 0.15) is 0 Å². The van der Waals surface area contributed by atoms with Crippen LogP contribution in [0, 0.1) is 11.6 Å². The van der Waals surface area contributed by atoms with E-state index in [0.717, 1.165) is 12.1 Å². The van der Waals surface area contributed by atoms with Crippen LogP contribution in [-0.2, 0) is 4.79 Å². The molecule has 1 fully saturated rings. The highest BCUT2D eigenvalue weighted by atomic mass is 35.5. The average molecular weight is 435 g/mol. The number of fused-ring (bicyclic) bond motifs is 1. The quantitative estimate of drug-likeness (QED) is 0.695. The summed E-state index contributed by atoms with van der Waals surface area (Å²) in [5.74, 6) is -1.66. The highest BCUT2D eigenvalue weighted by molar-refractivity contribution is 6.32. The van der Waals surface area contributed by atoms with Crippen molar-refractivity contribution >= 4 is 29.5 Å². The van der Waals surface area contributed by atoms with Crippen molar-refractivity contribution < 1.29 is 27.8 Å². The van der Waals surface area contributed by atoms with E-state index in [2.05, 4.69) is 0 Å². The average Bonchev–Trinajstić information content (AvgIpc) is 3.23. The van der Waals surface area contributed by atoms with Gasteiger partial charge in [-0.05, 0) is 42.0 Å². The molecule has 0 spiro atoms. The fourth-order valence-corrected chi connectivity index (χ4v) is 3.57. The van der Waals surface area contributed by atoms with Crippen molar-refractivity contribution in [1.29, 1.82) is 0 Å². The maximum absolute atomic E-state index is 13.4. The molecule has 4 rings (SSSR count). The second-order valence-electron chi connectivity index (χ2n) is 6.82. The molecule has 0 saturated carbocycles. The van der Waals surface area contributed by atoms with Gasteiger partial charge in [0.05, 0.1) is 5.02 Å². The minimum Gasteiger partial charge on any atom is -0.454 e. The van der Waals surface area contributed by atoms with E-state index < -0.39 is 17.5 Å². The van der Waals surface area contributed by atoms with Crippen LogP contribution < -0.4 is 9.47 Å². The smallest absolute Gasteiger partial charge is 0.254 e. The van der Waals surface area contributed by atoms with Gasteiger partial charge in [-0.2, -0.15) is 0 Å². The van der Waals surface area contributed by atoms with E-state index in [0.29, 0.717) is 48.3 Å². The Morgan fingerprint density at radius 3 is 2.43 bits per heavy atom. The summed E-state index contributed by atoms with van der Waals surface area (Å²) < 4.78 is 37.0. The highest BCUT2D eigenvalue weighted by Gasteiger charge is 2.24. The topological polar surface area (TPSA) is 59.1 Å². The zero-order chi connectivity index (χ0) is 21.3. The van der Waals surface area contributed by atoms with Crippen molar-refractivity contribution in [2.75, 3.05) is 33.0 Å². The van der Waals surface area contributed by atoms with Gasteiger partial charge in [0, 0.05) is 37.8 Å². The van der Waals surface area contributed by atoms with Gasteiger partial charge >= 0.3 is 0 Å². The van der Waals surface area contributed by atoms with Gasteiger partial charge in [-0.25, -0.2) is 8.78 Å². The zero-order valence-electron chi connectivity index (χ0n) is 15.7. The molecule has 1 saturated heterocycles. The Morgan fingerprint density at radius 2 is 1.70 bits per heavy atom. The van der Waals surface area contributed by atoms with Crippen LogP contribution in [0.25, 0.3) is 6.08 Å². The Balaban J connectivity index is 1.35. The van der Waals surface area contributed by atoms with Gasteiger partial charge in [-0.3, -0.25) is 9.59 Å². The van der Waals surface area contributed by atoms with Crippen LogP contribution in [0.1, 0.15) is 15.9 Å². The highest BCUT2D eigenvalue weighted by Crippen LogP contribution is 2.40. The summed E-state index contributed by atoms with van der Waals surface area (Å²) in [5, 5.41) is 0.404. The first kappa shape index (κ1) is 20.2. The molecular formula is C21H17ClF2N2O4. The normalized spacial score (nSPS) is 15.7. The Hall–Kier alpha value is -3.13. The second-order valence-corrected chi connectivity index (χ2v) is 7.22. The molecule has 30 heavy (non-hydrogen) atoms. The third-order valence-corrected chi connectivity index (χ3v) is 5.19. The lowest BCUT2D eigenvalue weighted by Gasteiger charge is -2.34. The van der Waals surface area contributed by atoms with Crippen LogP contribution in [0.4, 0.5) is 8.78 Å². The lowest BCUT2D eigenvalue weighted by Crippen LogP contribution is -2.50. The molecule has 0 atom stereocenters. The van der Waals surface area contributed by atoms with Gasteiger partial charge in [0.25, 0.3) is 5.91 Å². The number of halogens is 3. The van der Waals surface area contributed by atoms with Crippen molar-refractivity contribution in [3.63, 3.8) is 0 Å². The van der Waals surface area contributed by atoms with Gasteiger partial charge in [0.2, 0.25) is 12.7 Å². The van der Waals surface area contributed by atoms with E-state index in [1.54, 1.807) is 23.1 Å². The number of carbonyl (C=O) groups is 2. The third-order valence-electron chi connectivity index (χ3n) is 4.91. The van der Waals surface area contributed by atoms with Crippen molar-refractivity contribution in [3.05, 3.63) is 64.2 Å². The summed E-state index contributed by atoms with van der Waals surface area (Å²) in [6.45, 7) is 1.37. The minimum atomic E-state index is -1.07. The van der Waals surface area contributed by atoms with E-state index in [1.807, 2.05) is 0 Å². The summed E-state index contributed by atoms with van der Waals surface area (Å²) in [4.78, 5) is 28.1. The maximum atomic E-state index is 13.4. The van der Waals surface area contributed by atoms with Crippen molar-refractivity contribution in [2.45, 2.75) is 0 Å². The molecular weight excluding hydrogens is 418 g/mol. The van der Waals surface area contributed by atoms with E-state index >= 15 is 0 Å². The molecule has 0 bridgehead atoms. The Bertz CT molecular complexity index is 1040. The summed E-state index contributed by atoms with van der Waals surface area (Å²) in [6, 6.07) is 6.47. The Kier molecular flexibility index (Phi) is 5.59. The van der Waals surface area contributed by atoms with Crippen molar-refractivity contribution in [1.82, 2.24) is 9.80 Å². The van der Waals surface area contributed by atoms with Crippen LogP contribution in [0.15, 0.2) is 36.4 Å². The first-order valence-corrected chi connectivity index (χ1v) is 9.60. The number of hydrogen-bond donors (Lipinski definition) is 0. The second kappa shape index (κ2) is 8.31. The molecule has 156 valence electrons. The zero-order valence-corrected chi connectivity index (χ0v) is 16.5. The first-order valence-electron chi connectivity index (χ1n) is 9.23. The fraction of sp³-hybridized carbons (Fsp3) is 0.238. The predicted molar refractivity (Wildman–Crippen MR) is 105 cm³/mol. The van der Waals surface area contributed by atoms with E-state index in [1.165, 1.54) is 17.0 Å². The van der Waals surface area contributed by atoms with Gasteiger partial charge in [-0.15, -0.1) is 0 Å². The molecule has 0 aliphatic carbocycles. The number of nitrogens with zero attached hydrogens (tertiary/aromatic N) is 2. The SMILES string of the molecule is O=C(/C=C/c1cc(Cl)c2c(c1)OCO2)N1CCN(C(=O)c2ccc(F)c(F)c2)CC1. The minimum absolute atomic E-state index is 0.0771. The molecule has 6 nitrogen and oxygen atoms in total. The summed E-state index contributed by atoms with van der Waals surface area (Å²) in [5.41, 5.74) is 0.776. The molecule has 0 radical (unpaired) electrons. The molecule has 9 heteroatoms. The lowest BCUT2D eigenvalue weighted by molar-refractivity contribution is -0.127. The third kappa shape index (κ3) is 4.09. The summed E-state index contributed by atoms with van der Waals surface area (Å²) >= 11 is 6.14. The van der Waals surface area contributed by atoms with E-state index in [9.17, 15) is 18.4 Å². The number of hydrogen-bond acceptors (Lipinski definition) is 4. The molecule has 2 heterocycles. The standard InChI is InChI=1S/C21H17ClF2N2O4/c22-15-9-13(10-18-20(15)30-12-29-18)1-4-19(27)25-5-7-26(8-6-25)21(28)14-2-3-16(23)17(24)11-14/h1-4,9-11H,5-8,12H2/b4-1+. The predicted octanol–water partition coefficient (Wildman–Crippen LogP) is 3.34. The van der Waals surface area contributed by atoms with Crippen molar-refractivity contribution in [2.24, 2.45) is 0 Å².